The van der Waals surface area contributed by atoms with Crippen molar-refractivity contribution >= 4 is 5.97 Å². The van der Waals surface area contributed by atoms with E-state index in [0.29, 0.717) is 23.2 Å². The fourth-order valence-corrected chi connectivity index (χ4v) is 9.63. The van der Waals surface area contributed by atoms with Crippen LogP contribution in [0.25, 0.3) is 0 Å². The van der Waals surface area contributed by atoms with Crippen LogP contribution < -0.4 is 0 Å². The Labute approximate surface area is 208 Å². The highest BCUT2D eigenvalue weighted by molar-refractivity contribution is 5.72. The number of aliphatic hydroxyl groups is 1. The minimum absolute atomic E-state index is 0.00457. The van der Waals surface area contributed by atoms with E-state index in [9.17, 15) is 15.0 Å². The quantitative estimate of drug-likeness (QED) is 0.389. The van der Waals surface area contributed by atoms with Crippen LogP contribution in [0.15, 0.2) is 23.3 Å². The van der Waals surface area contributed by atoms with Crippen LogP contribution >= 0.6 is 0 Å². The Morgan fingerprint density at radius 2 is 1.68 bits per heavy atom. The number of allylic oxidation sites excluding steroid dienone is 2. The molecule has 3 heteroatoms. The van der Waals surface area contributed by atoms with Crippen LogP contribution in [-0.2, 0) is 4.79 Å². The van der Waals surface area contributed by atoms with Gasteiger partial charge in [-0.25, -0.2) is 0 Å². The molecule has 8 atom stereocenters. The first kappa shape index (κ1) is 26.0. The minimum atomic E-state index is -0.757. The summed E-state index contributed by atoms with van der Waals surface area (Å²) in [5, 5.41) is 20.2. The first-order chi connectivity index (χ1) is 15.7. The van der Waals surface area contributed by atoms with E-state index in [1.807, 2.05) is 0 Å². The average molecular weight is 471 g/mol. The van der Waals surface area contributed by atoms with Crippen molar-refractivity contribution in [2.24, 2.45) is 45.3 Å². The van der Waals surface area contributed by atoms with E-state index in [0.717, 1.165) is 31.3 Å². The zero-order valence-corrected chi connectivity index (χ0v) is 23.0. The normalized spacial score (nSPS) is 42.9. The SMILES string of the molecule is C=C(CCC(C)C1CCC2(C)C3=C(CCC12C)C1(C)CCC(O)C(C)(C)C1CC3)C(C)C(=O)O. The van der Waals surface area contributed by atoms with Gasteiger partial charge in [-0.3, -0.25) is 4.79 Å². The van der Waals surface area contributed by atoms with Crippen LogP contribution in [0.4, 0.5) is 0 Å². The van der Waals surface area contributed by atoms with Gasteiger partial charge in [-0.2, -0.15) is 0 Å². The highest BCUT2D eigenvalue weighted by Gasteiger charge is 2.63. The van der Waals surface area contributed by atoms with Gasteiger partial charge in [0.15, 0.2) is 0 Å². The van der Waals surface area contributed by atoms with E-state index < -0.39 is 11.9 Å². The number of hydrogen-bond donors (Lipinski definition) is 2. The summed E-state index contributed by atoms with van der Waals surface area (Å²) in [4.78, 5) is 11.4. The molecule has 0 saturated heterocycles. The van der Waals surface area contributed by atoms with Gasteiger partial charge < -0.3 is 10.2 Å². The Morgan fingerprint density at radius 3 is 2.32 bits per heavy atom. The summed E-state index contributed by atoms with van der Waals surface area (Å²) in [6, 6.07) is 0. The number of aliphatic hydroxyl groups excluding tert-OH is 1. The van der Waals surface area contributed by atoms with E-state index in [1.54, 1.807) is 18.1 Å². The van der Waals surface area contributed by atoms with Crippen LogP contribution in [0, 0.1) is 45.3 Å². The molecule has 2 saturated carbocycles. The van der Waals surface area contributed by atoms with Crippen LogP contribution in [0.3, 0.4) is 0 Å². The van der Waals surface area contributed by atoms with Crippen molar-refractivity contribution in [3.8, 4) is 0 Å². The molecule has 0 aromatic heterocycles. The average Bonchev–Trinajstić information content (AvgIpc) is 3.05. The van der Waals surface area contributed by atoms with Crippen molar-refractivity contribution in [2.45, 2.75) is 119 Å². The van der Waals surface area contributed by atoms with E-state index in [2.05, 4.69) is 48.1 Å². The maximum Gasteiger partial charge on any atom is 0.310 e. The summed E-state index contributed by atoms with van der Waals surface area (Å²) in [5.74, 6) is 0.645. The van der Waals surface area contributed by atoms with E-state index in [1.165, 1.54) is 38.5 Å². The Bertz CT molecular complexity index is 883. The van der Waals surface area contributed by atoms with Crippen molar-refractivity contribution in [3.05, 3.63) is 23.3 Å². The van der Waals surface area contributed by atoms with Gasteiger partial charge in [-0.15, -0.1) is 0 Å². The lowest BCUT2D eigenvalue weighted by Crippen LogP contribution is -2.55. The second-order valence-electron chi connectivity index (χ2n) is 14.0. The molecule has 0 amide bonds. The van der Waals surface area contributed by atoms with E-state index in [4.69, 9.17) is 0 Å². The fraction of sp³-hybridized carbons (Fsp3) is 0.839. The molecule has 3 nitrogen and oxygen atoms in total. The van der Waals surface area contributed by atoms with Gasteiger partial charge in [0.1, 0.15) is 0 Å². The van der Waals surface area contributed by atoms with Gasteiger partial charge in [0, 0.05) is 0 Å². The van der Waals surface area contributed by atoms with Crippen LogP contribution in [0.2, 0.25) is 0 Å². The number of hydrogen-bond acceptors (Lipinski definition) is 2. The molecular weight excluding hydrogens is 420 g/mol. The molecule has 0 bridgehead atoms. The van der Waals surface area contributed by atoms with Crippen molar-refractivity contribution in [2.75, 3.05) is 0 Å². The Kier molecular flexibility index (Phi) is 6.49. The monoisotopic (exact) mass is 470 g/mol. The lowest BCUT2D eigenvalue weighted by molar-refractivity contribution is -0.139. The molecule has 4 aliphatic rings. The molecule has 8 unspecified atom stereocenters. The third kappa shape index (κ3) is 3.58. The highest BCUT2D eigenvalue weighted by atomic mass is 16.4. The van der Waals surface area contributed by atoms with Crippen molar-refractivity contribution in [1.82, 2.24) is 0 Å². The van der Waals surface area contributed by atoms with Crippen LogP contribution in [0.1, 0.15) is 113 Å². The molecule has 0 aromatic rings. The molecule has 192 valence electrons. The predicted molar refractivity (Wildman–Crippen MR) is 139 cm³/mol. The smallest absolute Gasteiger partial charge is 0.310 e. The summed E-state index contributed by atoms with van der Waals surface area (Å²) < 4.78 is 0. The number of fused-ring (bicyclic) bond motifs is 4. The molecule has 2 N–H and O–H groups in total. The number of carboxylic acids is 1. The summed E-state index contributed by atoms with van der Waals surface area (Å²) in [6.07, 6.45) is 11.3. The standard InChI is InChI=1S/C31H50O3/c1-19(21(3)27(33)34)9-10-20(2)22-13-17-31(8)24-11-12-25-28(4,5)26(32)15-16-29(25,6)23(24)14-18-30(22,31)7/h20-22,25-26,32H,1,9-18H2,2-8H3,(H,33,34). The Balaban J connectivity index is 1.58. The number of aliphatic carboxylic acids is 1. The molecule has 0 spiro atoms. The zero-order chi connectivity index (χ0) is 25.3. The fourth-order valence-electron chi connectivity index (χ4n) is 9.63. The Morgan fingerprint density at radius 1 is 1.00 bits per heavy atom. The topological polar surface area (TPSA) is 57.5 Å². The van der Waals surface area contributed by atoms with Crippen LogP contribution in [0.5, 0.6) is 0 Å². The second-order valence-corrected chi connectivity index (χ2v) is 14.0. The van der Waals surface area contributed by atoms with Crippen molar-refractivity contribution < 1.29 is 15.0 Å². The largest absolute Gasteiger partial charge is 0.481 e. The summed E-state index contributed by atoms with van der Waals surface area (Å²) in [5.41, 5.74) is 5.28. The van der Waals surface area contributed by atoms with Gasteiger partial charge in [0.25, 0.3) is 0 Å². The molecule has 4 rings (SSSR count). The van der Waals surface area contributed by atoms with Crippen molar-refractivity contribution in [1.29, 1.82) is 0 Å². The van der Waals surface area contributed by atoms with E-state index in [-0.39, 0.29) is 22.3 Å². The van der Waals surface area contributed by atoms with Gasteiger partial charge in [-0.05, 0) is 111 Å². The van der Waals surface area contributed by atoms with E-state index >= 15 is 0 Å². The van der Waals surface area contributed by atoms with Gasteiger partial charge in [0.05, 0.1) is 12.0 Å². The molecular formula is C31H50O3. The molecule has 0 radical (unpaired) electrons. The lowest BCUT2D eigenvalue weighted by atomic mass is 9.43. The molecule has 2 fully saturated rings. The molecule has 4 aliphatic carbocycles. The van der Waals surface area contributed by atoms with Gasteiger partial charge >= 0.3 is 5.97 Å². The molecule has 0 aromatic carbocycles. The number of rotatable bonds is 6. The Hall–Kier alpha value is -1.09. The third-order valence-electron chi connectivity index (χ3n) is 12.4. The summed E-state index contributed by atoms with van der Waals surface area (Å²) in [6.45, 7) is 20.6. The molecule has 0 aliphatic heterocycles. The maximum atomic E-state index is 11.4. The number of carbonyl (C=O) groups is 1. The van der Waals surface area contributed by atoms with Gasteiger partial charge in [-0.1, -0.05) is 64.8 Å². The summed E-state index contributed by atoms with van der Waals surface area (Å²) in [7, 11) is 0. The lowest BCUT2D eigenvalue weighted by Gasteiger charge is -2.62. The predicted octanol–water partition coefficient (Wildman–Crippen LogP) is 7.79. The molecule has 0 heterocycles. The third-order valence-corrected chi connectivity index (χ3v) is 12.4. The zero-order valence-electron chi connectivity index (χ0n) is 23.0. The minimum Gasteiger partial charge on any atom is -0.481 e. The van der Waals surface area contributed by atoms with Crippen LogP contribution in [-0.4, -0.2) is 22.3 Å². The first-order valence-corrected chi connectivity index (χ1v) is 14.0. The second kappa shape index (κ2) is 8.49. The molecule has 34 heavy (non-hydrogen) atoms. The maximum absolute atomic E-state index is 11.4. The van der Waals surface area contributed by atoms with Crippen molar-refractivity contribution in [3.63, 3.8) is 0 Å². The number of carboxylic acid groups (broad SMARTS) is 1. The highest BCUT2D eigenvalue weighted by Crippen LogP contribution is 2.72. The first-order valence-electron chi connectivity index (χ1n) is 14.0. The summed E-state index contributed by atoms with van der Waals surface area (Å²) >= 11 is 0. The van der Waals surface area contributed by atoms with Gasteiger partial charge in [0.2, 0.25) is 0 Å².